The molecule has 1 atom stereocenters. The highest BCUT2D eigenvalue weighted by Crippen LogP contribution is 2.01. The first-order valence-corrected chi connectivity index (χ1v) is 6.91. The van der Waals surface area contributed by atoms with Crippen molar-refractivity contribution in [1.29, 1.82) is 0 Å². The molecule has 1 aromatic rings. The lowest BCUT2D eigenvalue weighted by molar-refractivity contribution is -0.141. The maximum Gasteiger partial charge on any atom is 0.407 e. The van der Waals surface area contributed by atoms with Crippen LogP contribution < -0.4 is 5.32 Å². The number of carbonyl (C=O) groups is 2. The second kappa shape index (κ2) is 9.77. The molecule has 0 saturated carbocycles. The van der Waals surface area contributed by atoms with Crippen LogP contribution in [0.1, 0.15) is 25.3 Å². The first-order chi connectivity index (χ1) is 10.1. The molecule has 0 bridgehead atoms. The number of nitrogens with one attached hydrogen (secondary N) is 1. The van der Waals surface area contributed by atoms with E-state index in [4.69, 9.17) is 14.6 Å². The molecule has 1 amide bonds. The van der Waals surface area contributed by atoms with E-state index in [2.05, 4.69) is 5.32 Å². The van der Waals surface area contributed by atoms with Gasteiger partial charge in [0.15, 0.2) is 6.04 Å². The zero-order chi connectivity index (χ0) is 15.5. The molecule has 0 heterocycles. The zero-order valence-corrected chi connectivity index (χ0v) is 12.1. The Hall–Kier alpha value is -2.08. The molecule has 1 unspecified atom stereocenters. The van der Waals surface area contributed by atoms with Crippen molar-refractivity contribution in [2.24, 2.45) is 0 Å². The topological polar surface area (TPSA) is 84.9 Å². The minimum absolute atomic E-state index is 0.118. The Morgan fingerprint density at radius 3 is 2.62 bits per heavy atom. The van der Waals surface area contributed by atoms with E-state index in [1.54, 1.807) is 0 Å². The van der Waals surface area contributed by atoms with Crippen LogP contribution in [0.4, 0.5) is 4.79 Å². The second-order valence-corrected chi connectivity index (χ2v) is 4.53. The summed E-state index contributed by atoms with van der Waals surface area (Å²) in [5, 5.41) is 11.3. The van der Waals surface area contributed by atoms with Gasteiger partial charge in [-0.2, -0.15) is 0 Å². The van der Waals surface area contributed by atoms with E-state index in [-0.39, 0.29) is 19.8 Å². The molecule has 0 aromatic heterocycles. The molecule has 0 spiro atoms. The maximum absolute atomic E-state index is 11.4. The lowest BCUT2D eigenvalue weighted by Crippen LogP contribution is -2.44. The Balaban J connectivity index is 2.32. The number of alkyl carbamates (subject to hydrolysis) is 1. The summed E-state index contributed by atoms with van der Waals surface area (Å²) in [6.45, 7) is 2.42. The van der Waals surface area contributed by atoms with Crippen molar-refractivity contribution < 1.29 is 24.2 Å². The van der Waals surface area contributed by atoms with Crippen molar-refractivity contribution in [3.8, 4) is 0 Å². The number of aliphatic carboxylic acids is 1. The molecule has 0 aliphatic rings. The average Bonchev–Trinajstić information content (AvgIpc) is 2.47. The van der Waals surface area contributed by atoms with Gasteiger partial charge in [-0.3, -0.25) is 0 Å². The predicted octanol–water partition coefficient (Wildman–Crippen LogP) is 2.18. The SMILES string of the molecule is CCCCOC(=O)NC(COCc1ccccc1)C(=O)O. The fraction of sp³-hybridized carbons (Fsp3) is 0.467. The number of carbonyl (C=O) groups excluding carboxylic acids is 1. The van der Waals surface area contributed by atoms with Crippen molar-refractivity contribution in [3.05, 3.63) is 35.9 Å². The number of rotatable bonds is 9. The Morgan fingerprint density at radius 2 is 2.00 bits per heavy atom. The van der Waals surface area contributed by atoms with Crippen LogP contribution >= 0.6 is 0 Å². The molecule has 6 nitrogen and oxygen atoms in total. The van der Waals surface area contributed by atoms with Gasteiger partial charge in [-0.1, -0.05) is 43.7 Å². The molecule has 0 aliphatic carbocycles. The van der Waals surface area contributed by atoms with E-state index in [9.17, 15) is 9.59 Å². The average molecular weight is 295 g/mol. The molecule has 1 rings (SSSR count). The summed E-state index contributed by atoms with van der Waals surface area (Å²) < 4.78 is 10.2. The molecule has 2 N–H and O–H groups in total. The number of carboxylic acid groups (broad SMARTS) is 1. The zero-order valence-electron chi connectivity index (χ0n) is 12.1. The minimum Gasteiger partial charge on any atom is -0.480 e. The smallest absolute Gasteiger partial charge is 0.407 e. The Labute approximate surface area is 124 Å². The number of hydrogen-bond acceptors (Lipinski definition) is 4. The van der Waals surface area contributed by atoms with Gasteiger partial charge in [-0.25, -0.2) is 9.59 Å². The summed E-state index contributed by atoms with van der Waals surface area (Å²) in [5.74, 6) is -1.16. The Bertz CT molecular complexity index is 435. The number of hydrogen-bond donors (Lipinski definition) is 2. The van der Waals surface area contributed by atoms with Crippen LogP contribution in [0.15, 0.2) is 30.3 Å². The van der Waals surface area contributed by atoms with Gasteiger partial charge in [0.2, 0.25) is 0 Å². The van der Waals surface area contributed by atoms with Gasteiger partial charge in [0.1, 0.15) is 0 Å². The molecule has 6 heteroatoms. The molecular formula is C15H21NO5. The molecule has 0 fully saturated rings. The normalized spacial score (nSPS) is 11.7. The van der Waals surface area contributed by atoms with Crippen molar-refractivity contribution >= 4 is 12.1 Å². The van der Waals surface area contributed by atoms with Crippen LogP contribution in [0.3, 0.4) is 0 Å². The number of ether oxygens (including phenoxy) is 2. The monoisotopic (exact) mass is 295 g/mol. The summed E-state index contributed by atoms with van der Waals surface area (Å²) in [5.41, 5.74) is 0.937. The van der Waals surface area contributed by atoms with E-state index in [0.717, 1.165) is 18.4 Å². The summed E-state index contributed by atoms with van der Waals surface area (Å²) >= 11 is 0. The molecule has 21 heavy (non-hydrogen) atoms. The highest BCUT2D eigenvalue weighted by atomic mass is 16.5. The van der Waals surface area contributed by atoms with Gasteiger partial charge in [0, 0.05) is 0 Å². The van der Waals surface area contributed by atoms with Crippen LogP contribution in [0.5, 0.6) is 0 Å². The summed E-state index contributed by atoms with van der Waals surface area (Å²) in [6, 6.07) is 8.26. The van der Waals surface area contributed by atoms with Crippen LogP contribution in [0.2, 0.25) is 0 Å². The van der Waals surface area contributed by atoms with Crippen LogP contribution in [0.25, 0.3) is 0 Å². The number of carboxylic acids is 1. The van der Waals surface area contributed by atoms with Crippen molar-refractivity contribution in [2.75, 3.05) is 13.2 Å². The van der Waals surface area contributed by atoms with Gasteiger partial charge >= 0.3 is 12.1 Å². The quantitative estimate of drug-likeness (QED) is 0.682. The largest absolute Gasteiger partial charge is 0.480 e. The van der Waals surface area contributed by atoms with E-state index in [0.29, 0.717) is 0 Å². The third-order valence-electron chi connectivity index (χ3n) is 2.72. The van der Waals surface area contributed by atoms with Gasteiger partial charge in [-0.15, -0.1) is 0 Å². The summed E-state index contributed by atoms with van der Waals surface area (Å²) in [6.07, 6.45) is 0.907. The highest BCUT2D eigenvalue weighted by molar-refractivity contribution is 5.79. The number of amides is 1. The van der Waals surface area contributed by atoms with Gasteiger partial charge in [-0.05, 0) is 12.0 Å². The van der Waals surface area contributed by atoms with E-state index >= 15 is 0 Å². The van der Waals surface area contributed by atoms with Gasteiger partial charge < -0.3 is 19.9 Å². The lowest BCUT2D eigenvalue weighted by atomic mass is 10.2. The van der Waals surface area contributed by atoms with Crippen LogP contribution in [-0.2, 0) is 20.9 Å². The van der Waals surface area contributed by atoms with Crippen molar-refractivity contribution in [1.82, 2.24) is 5.32 Å². The lowest BCUT2D eigenvalue weighted by Gasteiger charge is -2.14. The van der Waals surface area contributed by atoms with Gasteiger partial charge in [0.25, 0.3) is 0 Å². The first-order valence-electron chi connectivity index (χ1n) is 6.91. The molecule has 1 aromatic carbocycles. The van der Waals surface area contributed by atoms with E-state index in [1.807, 2.05) is 37.3 Å². The fourth-order valence-corrected chi connectivity index (χ4v) is 1.54. The molecule has 0 saturated heterocycles. The number of unbranched alkanes of at least 4 members (excludes halogenated alkanes) is 1. The van der Waals surface area contributed by atoms with Crippen molar-refractivity contribution in [2.45, 2.75) is 32.4 Å². The molecular weight excluding hydrogens is 274 g/mol. The van der Waals surface area contributed by atoms with Crippen LogP contribution in [0, 0.1) is 0 Å². The van der Waals surface area contributed by atoms with E-state index < -0.39 is 18.1 Å². The highest BCUT2D eigenvalue weighted by Gasteiger charge is 2.20. The third-order valence-corrected chi connectivity index (χ3v) is 2.72. The third kappa shape index (κ3) is 7.31. The molecule has 0 aliphatic heterocycles. The summed E-state index contributed by atoms with van der Waals surface area (Å²) in [4.78, 5) is 22.5. The first kappa shape index (κ1) is 17.0. The van der Waals surface area contributed by atoms with Gasteiger partial charge in [0.05, 0.1) is 19.8 Å². The standard InChI is InChI=1S/C15H21NO5/c1-2-3-9-21-15(19)16-13(14(17)18)11-20-10-12-7-5-4-6-8-12/h4-8,13H,2-3,9-11H2,1H3,(H,16,19)(H,17,18). The predicted molar refractivity (Wildman–Crippen MR) is 76.9 cm³/mol. The minimum atomic E-state index is -1.16. The summed E-state index contributed by atoms with van der Waals surface area (Å²) in [7, 11) is 0. The molecule has 0 radical (unpaired) electrons. The van der Waals surface area contributed by atoms with E-state index in [1.165, 1.54) is 0 Å². The van der Waals surface area contributed by atoms with Crippen LogP contribution in [-0.4, -0.2) is 36.4 Å². The number of benzene rings is 1. The second-order valence-electron chi connectivity index (χ2n) is 4.53. The Kier molecular flexibility index (Phi) is 7.89. The fourth-order valence-electron chi connectivity index (χ4n) is 1.54. The molecule has 116 valence electrons. The Morgan fingerprint density at radius 1 is 1.29 bits per heavy atom. The maximum atomic E-state index is 11.4. The van der Waals surface area contributed by atoms with Crippen molar-refractivity contribution in [3.63, 3.8) is 0 Å².